The van der Waals surface area contributed by atoms with Crippen LogP contribution in [0.5, 0.6) is 5.75 Å². The van der Waals surface area contributed by atoms with Crippen molar-refractivity contribution in [3.8, 4) is 17.1 Å². The lowest BCUT2D eigenvalue weighted by molar-refractivity contribution is 0.300. The Balaban J connectivity index is 1.51. The first kappa shape index (κ1) is 19.1. The van der Waals surface area contributed by atoms with Crippen LogP contribution < -0.4 is 10.3 Å². The van der Waals surface area contributed by atoms with Gasteiger partial charge in [0.2, 0.25) is 0 Å². The van der Waals surface area contributed by atoms with Gasteiger partial charge >= 0.3 is 0 Å². The third kappa shape index (κ3) is 3.57. The fourth-order valence-corrected chi connectivity index (χ4v) is 3.75. The fraction of sp³-hybridized carbons (Fsp3) is 0.160. The average molecular weight is 410 g/mol. The van der Waals surface area contributed by atoms with E-state index in [-0.39, 0.29) is 12.2 Å². The van der Waals surface area contributed by atoms with E-state index in [1.807, 2.05) is 42.5 Å². The molecule has 154 valence electrons. The van der Waals surface area contributed by atoms with Gasteiger partial charge in [0, 0.05) is 17.0 Å². The van der Waals surface area contributed by atoms with Crippen molar-refractivity contribution < 1.29 is 4.74 Å². The maximum Gasteiger partial charge on any atom is 0.274 e. The van der Waals surface area contributed by atoms with E-state index in [0.29, 0.717) is 23.2 Å². The van der Waals surface area contributed by atoms with Crippen LogP contribution in [0.4, 0.5) is 0 Å². The number of hydrogen-bond donors (Lipinski definition) is 1. The van der Waals surface area contributed by atoms with Gasteiger partial charge in [0.25, 0.3) is 11.3 Å². The minimum atomic E-state index is -0.222. The number of aromatic amines is 1. The first-order chi connectivity index (χ1) is 15.1. The zero-order valence-electron chi connectivity index (χ0n) is 17.4. The minimum Gasteiger partial charge on any atom is -0.486 e. The van der Waals surface area contributed by atoms with Crippen LogP contribution in [0.2, 0.25) is 0 Å². The largest absolute Gasteiger partial charge is 0.486 e. The van der Waals surface area contributed by atoms with Crippen molar-refractivity contribution in [1.29, 1.82) is 0 Å². The van der Waals surface area contributed by atoms with Crippen molar-refractivity contribution in [2.75, 3.05) is 0 Å². The predicted octanol–water partition coefficient (Wildman–Crippen LogP) is 4.94. The van der Waals surface area contributed by atoms with Crippen LogP contribution in [0, 0.1) is 0 Å². The molecule has 0 saturated heterocycles. The Morgan fingerprint density at radius 3 is 2.55 bits per heavy atom. The molecule has 6 heteroatoms. The number of ether oxygens (including phenoxy) is 1. The minimum absolute atomic E-state index is 0.187. The van der Waals surface area contributed by atoms with E-state index in [1.54, 1.807) is 0 Å². The number of hydrogen-bond acceptors (Lipinski definition) is 4. The number of nitrogens with zero attached hydrogens (tertiary/aromatic N) is 3. The molecule has 0 aliphatic carbocycles. The van der Waals surface area contributed by atoms with Gasteiger partial charge in [-0.25, -0.2) is 4.98 Å². The molecule has 0 saturated carbocycles. The molecule has 0 amide bonds. The predicted molar refractivity (Wildman–Crippen MR) is 121 cm³/mol. The molecule has 0 bridgehead atoms. The van der Waals surface area contributed by atoms with E-state index < -0.39 is 0 Å². The molecule has 6 nitrogen and oxygen atoms in total. The Labute approximate surface area is 179 Å². The molecule has 2 heterocycles. The number of benzene rings is 3. The smallest absolute Gasteiger partial charge is 0.274 e. The van der Waals surface area contributed by atoms with E-state index in [4.69, 9.17) is 4.74 Å². The molecule has 5 rings (SSSR count). The Morgan fingerprint density at radius 2 is 1.74 bits per heavy atom. The summed E-state index contributed by atoms with van der Waals surface area (Å²) in [6, 6.07) is 23.5. The molecule has 1 N–H and O–H groups in total. The lowest BCUT2D eigenvalue weighted by atomic mass is 9.97. The van der Waals surface area contributed by atoms with Gasteiger partial charge in [0.1, 0.15) is 12.4 Å². The SMILES string of the molecule is CC(C)c1ccc2ccccc2c1OCc1cc(=O)n2[nH]c(-c3ccccc3)nc2n1. The summed E-state index contributed by atoms with van der Waals surface area (Å²) in [4.78, 5) is 21.7. The van der Waals surface area contributed by atoms with Crippen molar-refractivity contribution in [3.63, 3.8) is 0 Å². The van der Waals surface area contributed by atoms with Crippen LogP contribution in [0.1, 0.15) is 31.0 Å². The quantitative estimate of drug-likeness (QED) is 0.445. The van der Waals surface area contributed by atoms with Gasteiger partial charge < -0.3 is 4.74 Å². The Kier molecular flexibility index (Phi) is 4.75. The highest BCUT2D eigenvalue weighted by Gasteiger charge is 2.14. The summed E-state index contributed by atoms with van der Waals surface area (Å²) in [5, 5.41) is 5.19. The zero-order chi connectivity index (χ0) is 21.4. The van der Waals surface area contributed by atoms with Crippen molar-refractivity contribution >= 4 is 16.6 Å². The van der Waals surface area contributed by atoms with E-state index in [2.05, 4.69) is 53.2 Å². The van der Waals surface area contributed by atoms with Gasteiger partial charge in [-0.3, -0.25) is 9.89 Å². The first-order valence-corrected chi connectivity index (χ1v) is 10.3. The van der Waals surface area contributed by atoms with Gasteiger partial charge in [-0.1, -0.05) is 80.6 Å². The maximum atomic E-state index is 12.6. The average Bonchev–Trinajstić information content (AvgIpc) is 3.23. The summed E-state index contributed by atoms with van der Waals surface area (Å²) >= 11 is 0. The second kappa shape index (κ2) is 7.72. The Morgan fingerprint density at radius 1 is 0.968 bits per heavy atom. The standard InChI is InChI=1S/C25H22N4O2/c1-16(2)20-13-12-17-8-6-7-11-21(17)23(20)31-15-19-14-22(30)29-25(26-19)27-24(28-29)18-9-4-3-5-10-18/h3-14,16H,15H2,1-2H3,(H,26,27,28). The molecular formula is C25H22N4O2. The van der Waals surface area contributed by atoms with Gasteiger partial charge in [-0.2, -0.15) is 9.50 Å². The highest BCUT2D eigenvalue weighted by atomic mass is 16.5. The van der Waals surface area contributed by atoms with Gasteiger partial charge in [0.05, 0.1) is 5.69 Å². The topological polar surface area (TPSA) is 72.3 Å². The van der Waals surface area contributed by atoms with Crippen molar-refractivity contribution in [1.82, 2.24) is 19.6 Å². The lowest BCUT2D eigenvalue weighted by Crippen LogP contribution is -2.16. The zero-order valence-corrected chi connectivity index (χ0v) is 17.4. The van der Waals surface area contributed by atoms with Crippen LogP contribution >= 0.6 is 0 Å². The van der Waals surface area contributed by atoms with Gasteiger partial charge in [0.15, 0.2) is 5.82 Å². The summed E-state index contributed by atoms with van der Waals surface area (Å²) in [5.74, 6) is 2.06. The summed E-state index contributed by atoms with van der Waals surface area (Å²) < 4.78 is 7.60. The van der Waals surface area contributed by atoms with Crippen LogP contribution in [0.15, 0.2) is 77.6 Å². The third-order valence-corrected chi connectivity index (χ3v) is 5.33. The monoisotopic (exact) mass is 410 g/mol. The molecule has 0 aliphatic rings. The summed E-state index contributed by atoms with van der Waals surface area (Å²) in [7, 11) is 0. The van der Waals surface area contributed by atoms with Crippen molar-refractivity contribution in [3.05, 3.63) is 94.4 Å². The molecule has 3 aromatic carbocycles. The molecule has 2 aromatic heterocycles. The molecular weight excluding hydrogens is 388 g/mol. The van der Waals surface area contributed by atoms with E-state index in [9.17, 15) is 4.79 Å². The van der Waals surface area contributed by atoms with E-state index in [0.717, 1.165) is 27.6 Å². The highest BCUT2D eigenvalue weighted by molar-refractivity contribution is 5.89. The van der Waals surface area contributed by atoms with Crippen LogP contribution in [0.25, 0.3) is 27.9 Å². The van der Waals surface area contributed by atoms with Crippen LogP contribution in [-0.4, -0.2) is 19.6 Å². The normalized spacial score (nSPS) is 11.5. The molecule has 0 aliphatic heterocycles. The molecule has 0 atom stereocenters. The third-order valence-electron chi connectivity index (χ3n) is 5.33. The highest BCUT2D eigenvalue weighted by Crippen LogP contribution is 2.34. The second-order valence-corrected chi connectivity index (χ2v) is 7.81. The van der Waals surface area contributed by atoms with Gasteiger partial charge in [-0.15, -0.1) is 0 Å². The van der Waals surface area contributed by atoms with Crippen LogP contribution in [0.3, 0.4) is 0 Å². The summed E-state index contributed by atoms with van der Waals surface area (Å²) in [5.41, 5.74) is 2.34. The number of rotatable bonds is 5. The molecule has 0 unspecified atom stereocenters. The second-order valence-electron chi connectivity index (χ2n) is 7.81. The van der Waals surface area contributed by atoms with Gasteiger partial charge in [-0.05, 0) is 16.9 Å². The van der Waals surface area contributed by atoms with Crippen molar-refractivity contribution in [2.45, 2.75) is 26.4 Å². The molecule has 0 radical (unpaired) electrons. The number of fused-ring (bicyclic) bond motifs is 2. The molecule has 5 aromatic rings. The molecule has 0 fully saturated rings. The molecule has 0 spiro atoms. The number of H-pyrrole nitrogens is 1. The van der Waals surface area contributed by atoms with E-state index in [1.165, 1.54) is 10.6 Å². The summed E-state index contributed by atoms with van der Waals surface area (Å²) in [6.45, 7) is 4.47. The lowest BCUT2D eigenvalue weighted by Gasteiger charge is -2.16. The maximum absolute atomic E-state index is 12.6. The summed E-state index contributed by atoms with van der Waals surface area (Å²) in [6.07, 6.45) is 0. The Bertz CT molecular complexity index is 1430. The van der Waals surface area contributed by atoms with Crippen molar-refractivity contribution in [2.24, 2.45) is 0 Å². The number of aromatic nitrogens is 4. The van der Waals surface area contributed by atoms with Crippen LogP contribution in [-0.2, 0) is 6.61 Å². The molecule has 31 heavy (non-hydrogen) atoms. The first-order valence-electron chi connectivity index (χ1n) is 10.3. The Hall–Kier alpha value is -3.93. The fourth-order valence-electron chi connectivity index (χ4n) is 3.75. The number of nitrogens with one attached hydrogen (secondary N) is 1. The van der Waals surface area contributed by atoms with E-state index >= 15 is 0 Å².